The maximum absolute atomic E-state index is 8.68. The molecule has 0 bridgehead atoms. The molecule has 0 unspecified atom stereocenters. The summed E-state index contributed by atoms with van der Waals surface area (Å²) >= 11 is 0. The maximum Gasteiger partial charge on any atom is 0.239 e. The first-order valence-electron chi connectivity index (χ1n) is 6.91. The van der Waals surface area contributed by atoms with Crippen LogP contribution in [0.4, 0.5) is 11.5 Å². The zero-order valence-corrected chi connectivity index (χ0v) is 11.9. The van der Waals surface area contributed by atoms with Gasteiger partial charge in [0.2, 0.25) is 5.88 Å². The molecule has 4 N–H and O–H groups in total. The number of nitrogen functional groups attached to an aromatic ring is 1. The van der Waals surface area contributed by atoms with Crippen molar-refractivity contribution < 1.29 is 9.84 Å². The molecule has 0 aliphatic heterocycles. The van der Waals surface area contributed by atoms with Gasteiger partial charge in [-0.3, -0.25) is 0 Å². The molecule has 0 saturated carbocycles. The summed E-state index contributed by atoms with van der Waals surface area (Å²) in [7, 11) is 0. The number of pyridine rings is 1. The molecular weight excluding hydrogens is 242 g/mol. The number of anilines is 2. The van der Waals surface area contributed by atoms with Gasteiger partial charge in [-0.1, -0.05) is 12.8 Å². The minimum absolute atomic E-state index is 0.0588. The van der Waals surface area contributed by atoms with Gasteiger partial charge >= 0.3 is 0 Å². The highest BCUT2D eigenvalue weighted by molar-refractivity contribution is 5.53. The van der Waals surface area contributed by atoms with Crippen molar-refractivity contribution in [1.29, 1.82) is 0 Å². The average molecular weight is 267 g/mol. The van der Waals surface area contributed by atoms with Crippen molar-refractivity contribution in [3.05, 3.63) is 12.1 Å². The van der Waals surface area contributed by atoms with E-state index in [1.54, 1.807) is 6.07 Å². The van der Waals surface area contributed by atoms with Crippen LogP contribution < -0.4 is 15.8 Å². The summed E-state index contributed by atoms with van der Waals surface area (Å²) in [5.74, 6) is 1.27. The van der Waals surface area contributed by atoms with Gasteiger partial charge in [0, 0.05) is 13.2 Å². The second-order valence-corrected chi connectivity index (χ2v) is 4.82. The third kappa shape index (κ3) is 6.29. The van der Waals surface area contributed by atoms with E-state index in [2.05, 4.69) is 10.3 Å². The van der Waals surface area contributed by atoms with E-state index in [0.29, 0.717) is 11.6 Å². The highest BCUT2D eigenvalue weighted by atomic mass is 16.5. The van der Waals surface area contributed by atoms with Gasteiger partial charge in [0.1, 0.15) is 5.82 Å². The number of ether oxygens (including phenoxy) is 1. The lowest BCUT2D eigenvalue weighted by atomic mass is 10.2. The molecule has 0 atom stereocenters. The second-order valence-electron chi connectivity index (χ2n) is 4.82. The smallest absolute Gasteiger partial charge is 0.239 e. The molecule has 108 valence electrons. The van der Waals surface area contributed by atoms with E-state index in [1.807, 2.05) is 19.9 Å². The topological polar surface area (TPSA) is 80.4 Å². The van der Waals surface area contributed by atoms with Gasteiger partial charge in [0.15, 0.2) is 0 Å². The number of hydrogen-bond donors (Lipinski definition) is 3. The summed E-state index contributed by atoms with van der Waals surface area (Å²) in [5, 5.41) is 11.9. The predicted octanol–water partition coefficient (Wildman–Crippen LogP) is 2.42. The lowest BCUT2D eigenvalue weighted by molar-refractivity contribution is 0.234. The molecule has 0 amide bonds. The van der Waals surface area contributed by atoms with Crippen molar-refractivity contribution in [3.8, 4) is 5.88 Å². The van der Waals surface area contributed by atoms with E-state index in [9.17, 15) is 0 Å². The quantitative estimate of drug-likeness (QED) is 0.599. The van der Waals surface area contributed by atoms with Crippen LogP contribution in [0, 0.1) is 0 Å². The number of nitrogens with two attached hydrogens (primary N) is 1. The summed E-state index contributed by atoms with van der Waals surface area (Å²) < 4.78 is 5.54. The molecule has 0 aliphatic carbocycles. The first-order chi connectivity index (χ1) is 9.13. The van der Waals surface area contributed by atoms with Crippen molar-refractivity contribution in [2.75, 3.05) is 24.2 Å². The van der Waals surface area contributed by atoms with Gasteiger partial charge in [-0.25, -0.2) is 0 Å². The van der Waals surface area contributed by atoms with Crippen LogP contribution in [0.25, 0.3) is 0 Å². The van der Waals surface area contributed by atoms with Crippen LogP contribution in [0.3, 0.4) is 0 Å². The molecule has 0 saturated heterocycles. The summed E-state index contributed by atoms with van der Waals surface area (Å²) in [4.78, 5) is 4.35. The first-order valence-corrected chi connectivity index (χ1v) is 6.91. The van der Waals surface area contributed by atoms with E-state index in [0.717, 1.165) is 38.0 Å². The maximum atomic E-state index is 8.68. The monoisotopic (exact) mass is 267 g/mol. The third-order valence-corrected chi connectivity index (χ3v) is 2.63. The van der Waals surface area contributed by atoms with Crippen LogP contribution in [0.1, 0.15) is 39.5 Å². The fourth-order valence-electron chi connectivity index (χ4n) is 1.67. The van der Waals surface area contributed by atoms with E-state index >= 15 is 0 Å². The van der Waals surface area contributed by atoms with Gasteiger partial charge in [-0.2, -0.15) is 4.98 Å². The van der Waals surface area contributed by atoms with E-state index in [4.69, 9.17) is 15.6 Å². The largest absolute Gasteiger partial charge is 0.473 e. The molecule has 19 heavy (non-hydrogen) atoms. The van der Waals surface area contributed by atoms with Crippen LogP contribution in [0.15, 0.2) is 12.1 Å². The van der Waals surface area contributed by atoms with Crippen LogP contribution in [0.2, 0.25) is 0 Å². The van der Waals surface area contributed by atoms with E-state index in [-0.39, 0.29) is 12.7 Å². The van der Waals surface area contributed by atoms with Crippen LogP contribution in [0.5, 0.6) is 5.88 Å². The Morgan fingerprint density at radius 3 is 2.68 bits per heavy atom. The number of aromatic nitrogens is 1. The summed E-state index contributed by atoms with van der Waals surface area (Å²) in [6.45, 7) is 5.04. The standard InChI is InChI=1S/C14H25N3O2/c1-11(2)19-14-12(15)7-8-13(17-14)16-9-5-3-4-6-10-18/h7-8,11,18H,3-6,9-10,15H2,1-2H3,(H,16,17). The lowest BCUT2D eigenvalue weighted by Crippen LogP contribution is -2.10. The molecule has 0 spiro atoms. The Morgan fingerprint density at radius 2 is 2.00 bits per heavy atom. The fraction of sp³-hybridized carbons (Fsp3) is 0.643. The van der Waals surface area contributed by atoms with Gasteiger partial charge in [-0.15, -0.1) is 0 Å². The van der Waals surface area contributed by atoms with E-state index < -0.39 is 0 Å². The molecular formula is C14H25N3O2. The molecule has 1 aromatic heterocycles. The van der Waals surface area contributed by atoms with Crippen molar-refractivity contribution in [1.82, 2.24) is 4.98 Å². The zero-order chi connectivity index (χ0) is 14.1. The Bertz CT molecular complexity index is 370. The molecule has 1 aromatic rings. The first kappa shape index (κ1) is 15.6. The SMILES string of the molecule is CC(C)Oc1nc(NCCCCCCO)ccc1N. The van der Waals surface area contributed by atoms with Gasteiger partial charge in [-0.05, 0) is 38.8 Å². The Hall–Kier alpha value is -1.49. The number of nitrogens with one attached hydrogen (secondary N) is 1. The molecule has 0 aromatic carbocycles. The summed E-state index contributed by atoms with van der Waals surface area (Å²) in [6, 6.07) is 3.66. The second kappa shape index (κ2) is 8.58. The Labute approximate surface area is 115 Å². The van der Waals surface area contributed by atoms with Crippen molar-refractivity contribution in [3.63, 3.8) is 0 Å². The average Bonchev–Trinajstić information content (AvgIpc) is 2.37. The number of nitrogens with zero attached hydrogens (tertiary/aromatic N) is 1. The third-order valence-electron chi connectivity index (χ3n) is 2.63. The molecule has 1 rings (SSSR count). The number of aliphatic hydroxyl groups excluding tert-OH is 1. The van der Waals surface area contributed by atoms with Crippen LogP contribution in [-0.4, -0.2) is 29.3 Å². The number of unbranched alkanes of at least 4 members (excludes halogenated alkanes) is 3. The predicted molar refractivity (Wildman–Crippen MR) is 78.5 cm³/mol. The van der Waals surface area contributed by atoms with Crippen molar-refractivity contribution in [2.24, 2.45) is 0 Å². The molecule has 5 nitrogen and oxygen atoms in total. The fourth-order valence-corrected chi connectivity index (χ4v) is 1.67. The number of rotatable bonds is 9. The highest BCUT2D eigenvalue weighted by Crippen LogP contribution is 2.21. The molecule has 0 aliphatic rings. The molecule has 0 fully saturated rings. The molecule has 1 heterocycles. The van der Waals surface area contributed by atoms with Crippen molar-refractivity contribution in [2.45, 2.75) is 45.6 Å². The Balaban J connectivity index is 2.37. The summed E-state index contributed by atoms with van der Waals surface area (Å²) in [6.07, 6.45) is 4.18. The number of aliphatic hydroxyl groups is 1. The minimum Gasteiger partial charge on any atom is -0.473 e. The van der Waals surface area contributed by atoms with Crippen molar-refractivity contribution >= 4 is 11.5 Å². The summed E-state index contributed by atoms with van der Waals surface area (Å²) in [5.41, 5.74) is 6.37. The highest BCUT2D eigenvalue weighted by Gasteiger charge is 2.06. The van der Waals surface area contributed by atoms with Crippen LogP contribution >= 0.6 is 0 Å². The number of hydrogen-bond acceptors (Lipinski definition) is 5. The van der Waals surface area contributed by atoms with Gasteiger partial charge in [0.25, 0.3) is 0 Å². The normalized spacial score (nSPS) is 10.7. The van der Waals surface area contributed by atoms with E-state index in [1.165, 1.54) is 0 Å². The van der Waals surface area contributed by atoms with Gasteiger partial charge < -0.3 is 20.9 Å². The minimum atomic E-state index is 0.0588. The Morgan fingerprint density at radius 1 is 1.26 bits per heavy atom. The lowest BCUT2D eigenvalue weighted by Gasteiger charge is -2.13. The van der Waals surface area contributed by atoms with Gasteiger partial charge in [0.05, 0.1) is 11.8 Å². The zero-order valence-electron chi connectivity index (χ0n) is 11.9. The molecule has 5 heteroatoms. The Kier molecular flexibility index (Phi) is 7.03. The van der Waals surface area contributed by atoms with Crippen LogP contribution in [-0.2, 0) is 0 Å². The molecule has 0 radical (unpaired) electrons.